The van der Waals surface area contributed by atoms with Crippen LogP contribution in [0.25, 0.3) is 54.5 Å². The largest absolute Gasteiger partial charge is 0.497 e. The van der Waals surface area contributed by atoms with E-state index in [0.717, 1.165) is 129 Å². The number of amides is 5. The van der Waals surface area contributed by atoms with Gasteiger partial charge in [0.05, 0.1) is 39.4 Å². The number of benzene rings is 10. The lowest BCUT2D eigenvalue weighted by Crippen LogP contribution is -2.42. The molecule has 5 aromatic heterocycles. The minimum Gasteiger partial charge on any atom is -0.497 e. The quantitative estimate of drug-likeness (QED) is 0.0603. The molecule has 20 rings (SSSR count). The molecule has 0 bridgehead atoms. The summed E-state index contributed by atoms with van der Waals surface area (Å²) in [5.41, 5.74) is 17.9. The zero-order valence-electron chi connectivity index (χ0n) is 72.6. The Hall–Kier alpha value is -12.1. The number of ether oxygens (including phenoxy) is 6. The van der Waals surface area contributed by atoms with Crippen molar-refractivity contribution >= 4 is 166 Å². The van der Waals surface area contributed by atoms with E-state index in [9.17, 15) is 37.1 Å². The SMILES string of the molecule is CC(C)OC(=O)N1CCc2c([nH]c3ccc(Cl)cc23)C1c1ccccc1F.CCOC(=O)N1CCc2c([nH]c3ccc(Cl)cc23)C1c1cccc(OC)c1.CCOC(=O)N1CCc2c([nH]c3ccc(Cl)cc23)C1c1ccccc1F.COC(=O)N1CCc2c([nH]c3ccc(Cl)cc23)C1c1cccc(Cl)c1.O=C(OCCCl)N1CCc2c([nH]c3ccc(Cl)cc23)C1c1ccccc1F. The predicted octanol–water partition coefficient (Wildman–Crippen LogP) is 25.9. The predicted molar refractivity (Wildman–Crippen MR) is 512 cm³/mol. The number of nitrogens with one attached hydrogen (secondary N) is 5. The number of carbonyl (C=O) groups is 5. The van der Waals surface area contributed by atoms with Crippen molar-refractivity contribution in [2.75, 3.05) is 72.6 Å². The van der Waals surface area contributed by atoms with Gasteiger partial charge in [-0.2, -0.15) is 0 Å². The van der Waals surface area contributed by atoms with Crippen LogP contribution in [0.4, 0.5) is 37.1 Å². The molecule has 0 spiro atoms. The van der Waals surface area contributed by atoms with Crippen molar-refractivity contribution in [2.24, 2.45) is 0 Å². The lowest BCUT2D eigenvalue weighted by Gasteiger charge is -2.36. The van der Waals surface area contributed by atoms with Gasteiger partial charge in [0.2, 0.25) is 0 Å². The Kier molecular flexibility index (Phi) is 28.9. The number of carbonyl (C=O) groups excluding carboxylic acids is 5. The van der Waals surface area contributed by atoms with E-state index in [-0.39, 0.29) is 66.9 Å². The Morgan fingerprint density at radius 3 is 0.962 bits per heavy atom. The number of alkyl halides is 1. The van der Waals surface area contributed by atoms with Gasteiger partial charge in [-0.25, -0.2) is 37.1 Å². The van der Waals surface area contributed by atoms with E-state index in [1.807, 2.05) is 140 Å². The monoisotopic (exact) mass is 1920 g/mol. The first kappa shape index (κ1) is 93.1. The number of aromatic amines is 5. The van der Waals surface area contributed by atoms with E-state index >= 15 is 0 Å². The van der Waals surface area contributed by atoms with Gasteiger partial charge >= 0.3 is 30.5 Å². The highest BCUT2D eigenvalue weighted by Gasteiger charge is 2.43. The van der Waals surface area contributed by atoms with Gasteiger partial charge in [0.25, 0.3) is 0 Å². The molecule has 5 atom stereocenters. The number of aromatic nitrogens is 5. The van der Waals surface area contributed by atoms with E-state index in [0.29, 0.717) is 105 Å². The normalized spacial score (nSPS) is 16.5. The Morgan fingerprint density at radius 2 is 0.652 bits per heavy atom. The summed E-state index contributed by atoms with van der Waals surface area (Å²) in [5, 5.41) is 9.18. The summed E-state index contributed by atoms with van der Waals surface area (Å²) in [5.74, 6) is -0.115. The molecule has 5 amide bonds. The van der Waals surface area contributed by atoms with Crippen LogP contribution in [0.15, 0.2) is 212 Å². The molecule has 682 valence electrons. The van der Waals surface area contributed by atoms with Crippen LogP contribution in [0.5, 0.6) is 5.75 Å². The minimum atomic E-state index is -0.607. The lowest BCUT2D eigenvalue weighted by molar-refractivity contribution is 0.0650. The molecule has 10 heterocycles. The van der Waals surface area contributed by atoms with Crippen LogP contribution in [0.1, 0.15) is 142 Å². The van der Waals surface area contributed by atoms with Crippen LogP contribution in [0, 0.1) is 17.5 Å². The average molecular weight is 1930 g/mol. The standard InChI is InChI=1S/C21H20ClFN2O2.C21H21ClN2O3.C20H17Cl2FN2O2.C20H18ClFN2O2.C19H16Cl2N2O2/c1-12(2)27-21(26)25-10-9-14-16-11-13(22)7-8-18(16)24-19(14)20(25)15-5-3-4-6-17(15)23;1-3-27-21(25)24-10-9-16-17-12-14(22)7-8-18(17)23-19(16)20(24)13-5-4-6-15(11-13)26-2;21-8-10-27-20(26)25-9-7-13-15-11-12(22)5-6-17(15)24-18(13)19(25)14-3-1-2-4-16(14)23;1-2-26-20(25)24-10-9-13-15-11-12(21)7-8-17(15)23-18(13)19(24)14-5-3-4-6-16(14)22;1-25-19(24)23-8-7-14-15-10-13(21)5-6-16(15)22-17(14)18(23)11-3-2-4-12(20)9-11/h3-8,11-12,20,24H,9-10H2,1-2H3;4-8,11-12,20,23H,3,9-10H2,1-2H3;1-6,11,19,24H,7-10H2;3-8,11,19,23H,2,9-10H2,1H3;2-6,9-10,18,22H,7-8H2,1H3. The molecule has 21 nitrogen and oxygen atoms in total. The minimum absolute atomic E-state index is 0.107. The summed E-state index contributed by atoms with van der Waals surface area (Å²) < 4.78 is 75.5. The summed E-state index contributed by atoms with van der Waals surface area (Å²) in [6.45, 7) is 10.3. The first-order chi connectivity index (χ1) is 63.8. The molecule has 5 aliphatic heterocycles. The smallest absolute Gasteiger partial charge is 0.410 e. The third-order valence-electron chi connectivity index (χ3n) is 24.1. The van der Waals surface area contributed by atoms with Gasteiger partial charge in [0, 0.05) is 163 Å². The molecule has 15 aromatic rings. The van der Waals surface area contributed by atoms with Crippen LogP contribution in [0.3, 0.4) is 0 Å². The van der Waals surface area contributed by atoms with Crippen molar-refractivity contribution in [3.8, 4) is 5.75 Å². The Bertz CT molecular complexity index is 6840. The highest BCUT2D eigenvalue weighted by molar-refractivity contribution is 6.33. The second-order valence-corrected chi connectivity index (χ2v) is 35.3. The van der Waals surface area contributed by atoms with Gasteiger partial charge in [-0.3, -0.25) is 24.5 Å². The van der Waals surface area contributed by atoms with Gasteiger partial charge < -0.3 is 53.3 Å². The lowest BCUT2D eigenvalue weighted by atomic mass is 9.92. The number of H-pyrrole nitrogens is 5. The first-order valence-corrected chi connectivity index (χ1v) is 46.0. The van der Waals surface area contributed by atoms with E-state index < -0.39 is 36.4 Å². The molecule has 10 aromatic carbocycles. The average Bonchev–Trinajstić information content (AvgIpc) is 1.63. The molecular formula is C101H92Cl7F3N10O11. The number of halogens is 10. The highest BCUT2D eigenvalue weighted by Crippen LogP contribution is 2.47. The fourth-order valence-corrected chi connectivity index (χ4v) is 19.7. The Morgan fingerprint density at radius 1 is 0.356 bits per heavy atom. The fraction of sp³-hybridized carbons (Fsp3) is 0.257. The van der Waals surface area contributed by atoms with E-state index in [2.05, 4.69) is 24.9 Å². The number of methoxy groups -OCH3 is 2. The Labute approximate surface area is 794 Å². The highest BCUT2D eigenvalue weighted by atomic mass is 35.5. The second-order valence-electron chi connectivity index (χ2n) is 32.3. The summed E-state index contributed by atoms with van der Waals surface area (Å²) in [6, 6.07) is 61.1. The summed E-state index contributed by atoms with van der Waals surface area (Å²) in [6.07, 6.45) is 1.09. The molecule has 0 radical (unpaired) electrons. The first-order valence-electron chi connectivity index (χ1n) is 43.2. The molecule has 5 N–H and O–H groups in total. The van der Waals surface area contributed by atoms with Crippen molar-refractivity contribution in [3.63, 3.8) is 0 Å². The zero-order valence-corrected chi connectivity index (χ0v) is 77.9. The molecule has 132 heavy (non-hydrogen) atoms. The number of fused-ring (bicyclic) bond motifs is 15. The third-order valence-corrected chi connectivity index (χ3v) is 25.7. The molecule has 0 saturated carbocycles. The van der Waals surface area contributed by atoms with Crippen molar-refractivity contribution in [1.82, 2.24) is 49.4 Å². The maximum atomic E-state index is 14.7. The van der Waals surface area contributed by atoms with E-state index in [1.165, 1.54) is 36.4 Å². The number of nitrogens with zero attached hydrogens (tertiary/aromatic N) is 5. The second kappa shape index (κ2) is 40.9. The molecular weight excluding hydrogens is 1830 g/mol. The molecule has 0 saturated heterocycles. The van der Waals surface area contributed by atoms with E-state index in [4.69, 9.17) is 110 Å². The van der Waals surface area contributed by atoms with Gasteiger partial charge in [-0.15, -0.1) is 11.6 Å². The zero-order chi connectivity index (χ0) is 92.9. The third kappa shape index (κ3) is 19.3. The van der Waals surface area contributed by atoms with Crippen LogP contribution in [-0.2, 0) is 55.8 Å². The van der Waals surface area contributed by atoms with Gasteiger partial charge in [-0.05, 0) is 232 Å². The summed E-state index contributed by atoms with van der Waals surface area (Å²) in [4.78, 5) is 88.2. The van der Waals surface area contributed by atoms with Gasteiger partial charge in [0.15, 0.2) is 0 Å². The fourth-order valence-electron chi connectivity index (χ4n) is 18.5. The van der Waals surface area contributed by atoms with Crippen molar-refractivity contribution in [2.45, 2.75) is 96.1 Å². The van der Waals surface area contributed by atoms with Crippen LogP contribution >= 0.6 is 81.2 Å². The number of hydrogen-bond donors (Lipinski definition) is 5. The number of hydrogen-bond acceptors (Lipinski definition) is 11. The van der Waals surface area contributed by atoms with Crippen LogP contribution in [-0.4, -0.2) is 159 Å². The van der Waals surface area contributed by atoms with Crippen molar-refractivity contribution < 1.29 is 65.6 Å². The van der Waals surface area contributed by atoms with Gasteiger partial charge in [-0.1, -0.05) is 148 Å². The number of rotatable bonds is 11. The molecule has 31 heteroatoms. The maximum absolute atomic E-state index is 14.7. The Balaban J connectivity index is 0.000000120. The van der Waals surface area contributed by atoms with Crippen molar-refractivity contribution in [3.05, 3.63) is 344 Å². The van der Waals surface area contributed by atoms with Crippen LogP contribution in [0.2, 0.25) is 30.1 Å². The molecule has 0 fully saturated rings. The summed E-state index contributed by atoms with van der Waals surface area (Å²) >= 11 is 42.7. The molecule has 5 unspecified atom stereocenters. The van der Waals surface area contributed by atoms with Crippen molar-refractivity contribution in [1.29, 1.82) is 0 Å². The van der Waals surface area contributed by atoms with Crippen LogP contribution < -0.4 is 4.74 Å². The maximum Gasteiger partial charge on any atom is 0.410 e. The molecule has 5 aliphatic rings. The topological polar surface area (TPSA) is 236 Å². The summed E-state index contributed by atoms with van der Waals surface area (Å²) in [7, 11) is 3.04. The van der Waals surface area contributed by atoms with E-state index in [1.54, 1.807) is 113 Å². The molecule has 0 aliphatic carbocycles. The van der Waals surface area contributed by atoms with Gasteiger partial charge in [0.1, 0.15) is 60.0 Å².